The van der Waals surface area contributed by atoms with Gasteiger partial charge in [0.1, 0.15) is 0 Å². The van der Waals surface area contributed by atoms with E-state index in [-0.39, 0.29) is 5.91 Å². The van der Waals surface area contributed by atoms with Gasteiger partial charge in [0.05, 0.1) is 15.2 Å². The molecule has 0 aliphatic carbocycles. The highest BCUT2D eigenvalue weighted by Gasteiger charge is 2.07. The molecule has 106 valence electrons. The number of nitrogens with one attached hydrogen (secondary N) is 1. The number of nitrogens with zero attached hydrogens (tertiary/aromatic N) is 1. The van der Waals surface area contributed by atoms with E-state index in [1.54, 1.807) is 11.3 Å². The van der Waals surface area contributed by atoms with Gasteiger partial charge < -0.3 is 5.32 Å². The Bertz CT molecular complexity index is 734. The molecule has 0 atom stereocenters. The number of fused-ring (bicyclic) bond motifs is 1. The number of halogens is 1. The zero-order valence-corrected chi connectivity index (χ0v) is 13.6. The van der Waals surface area contributed by atoms with Crippen molar-refractivity contribution in [3.05, 3.63) is 58.0 Å². The van der Waals surface area contributed by atoms with Crippen molar-refractivity contribution in [2.24, 2.45) is 0 Å². The summed E-state index contributed by atoms with van der Waals surface area (Å²) < 4.78 is 2.16. The second-order valence-corrected chi connectivity index (χ2v) is 6.66. The summed E-state index contributed by atoms with van der Waals surface area (Å²) in [7, 11) is 0. The minimum absolute atomic E-state index is 0.0107. The second kappa shape index (κ2) is 6.37. The Morgan fingerprint density at radius 2 is 1.90 bits per heavy atom. The van der Waals surface area contributed by atoms with E-state index in [1.165, 1.54) is 4.70 Å². The molecule has 1 amide bonds. The topological polar surface area (TPSA) is 42.0 Å². The van der Waals surface area contributed by atoms with Crippen LogP contribution in [0.4, 0.5) is 5.69 Å². The number of para-hydroxylation sites is 1. The molecule has 0 spiro atoms. The monoisotopic (exact) mass is 360 g/mol. The van der Waals surface area contributed by atoms with Crippen LogP contribution in [0.3, 0.4) is 0 Å². The molecule has 0 fully saturated rings. The normalized spacial score (nSPS) is 10.7. The number of anilines is 1. The fourth-order valence-electron chi connectivity index (χ4n) is 2.00. The molecule has 0 unspecified atom stereocenters. The van der Waals surface area contributed by atoms with Crippen LogP contribution in [0.25, 0.3) is 10.2 Å². The van der Waals surface area contributed by atoms with Crippen LogP contribution in [0.1, 0.15) is 11.4 Å². The Morgan fingerprint density at radius 3 is 2.67 bits per heavy atom. The largest absolute Gasteiger partial charge is 0.326 e. The molecule has 0 radical (unpaired) electrons. The van der Waals surface area contributed by atoms with Crippen LogP contribution in [-0.2, 0) is 11.2 Å². The Kier molecular flexibility index (Phi) is 4.31. The number of thiazole rings is 1. The molecule has 21 heavy (non-hydrogen) atoms. The van der Waals surface area contributed by atoms with E-state index in [0.717, 1.165) is 20.7 Å². The van der Waals surface area contributed by atoms with Gasteiger partial charge in [0.15, 0.2) is 0 Å². The summed E-state index contributed by atoms with van der Waals surface area (Å²) in [6.07, 6.45) is 1.11. The van der Waals surface area contributed by atoms with E-state index in [1.807, 2.05) is 42.5 Å². The average molecular weight is 361 g/mol. The minimum atomic E-state index is 0.0107. The number of carbonyl (C=O) groups is 1. The first-order valence-corrected chi connectivity index (χ1v) is 8.21. The standard InChI is InChI=1S/C16H13BrN2OS/c17-11-5-7-12(8-6-11)18-15(20)9-10-16-19-13-3-1-2-4-14(13)21-16/h1-8H,9-10H2,(H,18,20). The van der Waals surface area contributed by atoms with Crippen LogP contribution in [0.2, 0.25) is 0 Å². The molecule has 3 nitrogen and oxygen atoms in total. The number of hydrogen-bond acceptors (Lipinski definition) is 3. The first-order chi connectivity index (χ1) is 10.2. The third kappa shape index (κ3) is 3.68. The van der Waals surface area contributed by atoms with Crippen molar-refractivity contribution in [1.29, 1.82) is 0 Å². The van der Waals surface area contributed by atoms with Gasteiger partial charge in [0.25, 0.3) is 0 Å². The number of aryl methyl sites for hydroxylation is 1. The predicted octanol–water partition coefficient (Wildman–Crippen LogP) is 4.63. The van der Waals surface area contributed by atoms with Gasteiger partial charge in [-0.1, -0.05) is 28.1 Å². The Balaban J connectivity index is 1.59. The van der Waals surface area contributed by atoms with Crippen LogP contribution in [0.15, 0.2) is 53.0 Å². The van der Waals surface area contributed by atoms with E-state index < -0.39 is 0 Å². The zero-order chi connectivity index (χ0) is 14.7. The first-order valence-electron chi connectivity index (χ1n) is 6.60. The van der Waals surface area contributed by atoms with Crippen molar-refractivity contribution < 1.29 is 4.79 Å². The lowest BCUT2D eigenvalue weighted by Gasteiger charge is -2.04. The third-order valence-corrected chi connectivity index (χ3v) is 4.66. The minimum Gasteiger partial charge on any atom is -0.326 e. The third-order valence-electron chi connectivity index (χ3n) is 3.03. The Morgan fingerprint density at radius 1 is 1.14 bits per heavy atom. The van der Waals surface area contributed by atoms with Crippen molar-refractivity contribution in [3.63, 3.8) is 0 Å². The van der Waals surface area contributed by atoms with Gasteiger partial charge >= 0.3 is 0 Å². The quantitative estimate of drug-likeness (QED) is 0.736. The molecule has 0 bridgehead atoms. The van der Waals surface area contributed by atoms with Gasteiger partial charge in [0, 0.05) is 23.0 Å². The van der Waals surface area contributed by atoms with Gasteiger partial charge in [0.2, 0.25) is 5.91 Å². The average Bonchev–Trinajstić information content (AvgIpc) is 2.90. The highest BCUT2D eigenvalue weighted by molar-refractivity contribution is 9.10. The molecule has 0 aliphatic rings. The van der Waals surface area contributed by atoms with Gasteiger partial charge in [-0.3, -0.25) is 4.79 Å². The highest BCUT2D eigenvalue weighted by Crippen LogP contribution is 2.22. The molecule has 0 saturated heterocycles. The smallest absolute Gasteiger partial charge is 0.224 e. The SMILES string of the molecule is O=C(CCc1nc2ccccc2s1)Nc1ccc(Br)cc1. The van der Waals surface area contributed by atoms with Crippen LogP contribution in [-0.4, -0.2) is 10.9 Å². The summed E-state index contributed by atoms with van der Waals surface area (Å²) in [5.41, 5.74) is 1.82. The maximum atomic E-state index is 11.9. The number of benzene rings is 2. The molecule has 3 aromatic rings. The van der Waals surface area contributed by atoms with Crippen molar-refractivity contribution in [1.82, 2.24) is 4.98 Å². The summed E-state index contributed by atoms with van der Waals surface area (Å²) in [5, 5.41) is 3.89. The molecular formula is C16H13BrN2OS. The zero-order valence-electron chi connectivity index (χ0n) is 11.2. The summed E-state index contributed by atoms with van der Waals surface area (Å²) in [5.74, 6) is 0.0107. The molecule has 1 N–H and O–H groups in total. The van der Waals surface area contributed by atoms with Crippen molar-refractivity contribution in [2.45, 2.75) is 12.8 Å². The Labute approximate surface area is 135 Å². The fourth-order valence-corrected chi connectivity index (χ4v) is 3.24. The molecule has 2 aromatic carbocycles. The number of rotatable bonds is 4. The molecule has 5 heteroatoms. The number of carbonyl (C=O) groups excluding carboxylic acids is 1. The fraction of sp³-hybridized carbons (Fsp3) is 0.125. The van der Waals surface area contributed by atoms with Gasteiger partial charge in [-0.25, -0.2) is 4.98 Å². The lowest BCUT2D eigenvalue weighted by Crippen LogP contribution is -2.12. The van der Waals surface area contributed by atoms with E-state index in [0.29, 0.717) is 12.8 Å². The summed E-state index contributed by atoms with van der Waals surface area (Å²) in [6, 6.07) is 15.6. The van der Waals surface area contributed by atoms with Crippen LogP contribution < -0.4 is 5.32 Å². The number of aromatic nitrogens is 1. The molecule has 1 heterocycles. The lowest BCUT2D eigenvalue weighted by atomic mass is 10.2. The van der Waals surface area contributed by atoms with E-state index in [2.05, 4.69) is 32.3 Å². The molecule has 0 aliphatic heterocycles. The Hall–Kier alpha value is -1.72. The van der Waals surface area contributed by atoms with Crippen molar-refractivity contribution >= 4 is 49.1 Å². The molecular weight excluding hydrogens is 348 g/mol. The molecule has 1 aromatic heterocycles. The summed E-state index contributed by atoms with van der Waals surface area (Å²) >= 11 is 5.02. The van der Waals surface area contributed by atoms with E-state index in [9.17, 15) is 4.79 Å². The second-order valence-electron chi connectivity index (χ2n) is 4.63. The molecule has 0 saturated carbocycles. The maximum Gasteiger partial charge on any atom is 0.224 e. The first kappa shape index (κ1) is 14.2. The summed E-state index contributed by atoms with van der Waals surface area (Å²) in [6.45, 7) is 0. The number of hydrogen-bond donors (Lipinski definition) is 1. The van der Waals surface area contributed by atoms with Crippen LogP contribution >= 0.6 is 27.3 Å². The van der Waals surface area contributed by atoms with Crippen LogP contribution in [0, 0.1) is 0 Å². The highest BCUT2D eigenvalue weighted by atomic mass is 79.9. The number of amides is 1. The summed E-state index contributed by atoms with van der Waals surface area (Å²) in [4.78, 5) is 16.5. The lowest BCUT2D eigenvalue weighted by molar-refractivity contribution is -0.116. The van der Waals surface area contributed by atoms with Crippen LogP contribution in [0.5, 0.6) is 0 Å². The van der Waals surface area contributed by atoms with Crippen molar-refractivity contribution in [3.8, 4) is 0 Å². The maximum absolute atomic E-state index is 11.9. The van der Waals surface area contributed by atoms with Crippen molar-refractivity contribution in [2.75, 3.05) is 5.32 Å². The van der Waals surface area contributed by atoms with E-state index >= 15 is 0 Å². The van der Waals surface area contributed by atoms with Gasteiger partial charge in [-0.05, 0) is 36.4 Å². The van der Waals surface area contributed by atoms with Gasteiger partial charge in [-0.2, -0.15) is 0 Å². The predicted molar refractivity (Wildman–Crippen MR) is 90.7 cm³/mol. The van der Waals surface area contributed by atoms with Gasteiger partial charge in [-0.15, -0.1) is 11.3 Å². The molecule has 3 rings (SSSR count). The van der Waals surface area contributed by atoms with E-state index in [4.69, 9.17) is 0 Å².